The summed E-state index contributed by atoms with van der Waals surface area (Å²) in [5.74, 6) is 2.64. The normalized spacial score (nSPS) is 20.0. The van der Waals surface area contributed by atoms with E-state index in [1.54, 1.807) is 0 Å². The third kappa shape index (κ3) is 3.86. The maximum atomic E-state index is 5.58. The van der Waals surface area contributed by atoms with E-state index in [1.807, 2.05) is 6.20 Å². The summed E-state index contributed by atoms with van der Waals surface area (Å²) in [6, 6.07) is 0. The fourth-order valence-corrected chi connectivity index (χ4v) is 1.34. The van der Waals surface area contributed by atoms with Crippen LogP contribution in [0.5, 0.6) is 0 Å². The van der Waals surface area contributed by atoms with Crippen LogP contribution in [-0.4, -0.2) is 6.29 Å². The van der Waals surface area contributed by atoms with Gasteiger partial charge in [0.2, 0.25) is 0 Å². The van der Waals surface area contributed by atoms with Gasteiger partial charge in [-0.1, -0.05) is 6.42 Å². The van der Waals surface area contributed by atoms with E-state index in [0.29, 0.717) is 0 Å². The molecule has 0 aliphatic carbocycles. The van der Waals surface area contributed by atoms with Crippen molar-refractivity contribution in [3.8, 4) is 12.3 Å². The van der Waals surface area contributed by atoms with Gasteiger partial charge in [0.25, 0.3) is 0 Å². The highest BCUT2D eigenvalue weighted by molar-refractivity contribution is 5.05. The van der Waals surface area contributed by atoms with E-state index in [2.05, 4.69) is 16.6 Å². The Labute approximate surface area is 79.8 Å². The molecule has 0 amide bonds. The van der Waals surface area contributed by atoms with Crippen LogP contribution in [0.15, 0.2) is 11.9 Å². The fourth-order valence-electron chi connectivity index (χ4n) is 1.34. The second-order valence-electron chi connectivity index (χ2n) is 3.22. The Morgan fingerprint density at radius 1 is 1.46 bits per heavy atom. The van der Waals surface area contributed by atoms with Crippen LogP contribution < -0.4 is 16.4 Å². The maximum absolute atomic E-state index is 5.58. The number of terminal acetylenes is 1. The first-order valence-corrected chi connectivity index (χ1v) is 4.73. The molecule has 0 fully saturated rings. The van der Waals surface area contributed by atoms with Gasteiger partial charge < -0.3 is 10.6 Å². The van der Waals surface area contributed by atoms with Gasteiger partial charge in [0, 0.05) is 18.3 Å². The Morgan fingerprint density at radius 3 is 2.92 bits per heavy atom. The molecule has 1 rings (SSSR count). The number of hydrogen-bond acceptors (Lipinski definition) is 3. The highest BCUT2D eigenvalue weighted by atomic mass is 15.3. The standard InChI is InChI=1S/C10H17N3/c1-2-3-4-5-6-7-9-8-12-10(11)13-9/h1,8,10,12-13H,3-7,11H2. The lowest BCUT2D eigenvalue weighted by Gasteiger charge is -2.07. The third-order valence-electron chi connectivity index (χ3n) is 2.05. The van der Waals surface area contributed by atoms with Crippen molar-refractivity contribution >= 4 is 0 Å². The van der Waals surface area contributed by atoms with Crippen molar-refractivity contribution in [3.63, 3.8) is 0 Å². The average molecular weight is 179 g/mol. The Bertz CT molecular complexity index is 215. The van der Waals surface area contributed by atoms with E-state index >= 15 is 0 Å². The summed E-state index contributed by atoms with van der Waals surface area (Å²) < 4.78 is 0. The molecule has 0 spiro atoms. The van der Waals surface area contributed by atoms with Crippen LogP contribution >= 0.6 is 0 Å². The van der Waals surface area contributed by atoms with Gasteiger partial charge in [-0.05, 0) is 19.3 Å². The van der Waals surface area contributed by atoms with Crippen molar-refractivity contribution in [3.05, 3.63) is 11.9 Å². The molecular formula is C10H17N3. The first-order valence-electron chi connectivity index (χ1n) is 4.73. The number of rotatable bonds is 5. The minimum absolute atomic E-state index is 0.0966. The largest absolute Gasteiger partial charge is 0.358 e. The van der Waals surface area contributed by atoms with Gasteiger partial charge in [-0.15, -0.1) is 12.3 Å². The third-order valence-corrected chi connectivity index (χ3v) is 2.05. The van der Waals surface area contributed by atoms with Crippen molar-refractivity contribution in [1.29, 1.82) is 0 Å². The van der Waals surface area contributed by atoms with Gasteiger partial charge in [-0.25, -0.2) is 0 Å². The Balaban J connectivity index is 1.98. The smallest absolute Gasteiger partial charge is 0.149 e. The molecule has 0 aromatic carbocycles. The van der Waals surface area contributed by atoms with Crippen molar-refractivity contribution in [1.82, 2.24) is 10.6 Å². The number of unbranched alkanes of at least 4 members (excludes halogenated alkanes) is 3. The van der Waals surface area contributed by atoms with E-state index in [9.17, 15) is 0 Å². The Hall–Kier alpha value is -1.14. The number of nitrogens with one attached hydrogen (secondary N) is 2. The topological polar surface area (TPSA) is 50.1 Å². The second kappa shape index (κ2) is 5.50. The summed E-state index contributed by atoms with van der Waals surface area (Å²) in [4.78, 5) is 0. The summed E-state index contributed by atoms with van der Waals surface area (Å²) >= 11 is 0. The van der Waals surface area contributed by atoms with Crippen LogP contribution in [0.25, 0.3) is 0 Å². The van der Waals surface area contributed by atoms with Crippen LogP contribution in [0.1, 0.15) is 32.1 Å². The van der Waals surface area contributed by atoms with E-state index < -0.39 is 0 Å². The van der Waals surface area contributed by atoms with Crippen molar-refractivity contribution < 1.29 is 0 Å². The number of hydrogen-bond donors (Lipinski definition) is 3. The summed E-state index contributed by atoms with van der Waals surface area (Å²) in [6.07, 6.45) is 12.5. The summed E-state index contributed by atoms with van der Waals surface area (Å²) in [5.41, 5.74) is 6.78. The van der Waals surface area contributed by atoms with Gasteiger partial charge in [-0.2, -0.15) is 0 Å². The highest BCUT2D eigenvalue weighted by Crippen LogP contribution is 2.09. The molecular weight excluding hydrogens is 162 g/mol. The van der Waals surface area contributed by atoms with Gasteiger partial charge >= 0.3 is 0 Å². The quantitative estimate of drug-likeness (QED) is 0.433. The Kier molecular flexibility index (Phi) is 4.20. The minimum Gasteiger partial charge on any atom is -0.358 e. The van der Waals surface area contributed by atoms with Gasteiger partial charge in [0.1, 0.15) is 6.29 Å². The molecule has 0 aromatic heterocycles. The lowest BCUT2D eigenvalue weighted by molar-refractivity contribution is 0.567. The molecule has 1 aliphatic rings. The first kappa shape index (κ1) is 9.94. The summed E-state index contributed by atoms with van der Waals surface area (Å²) in [6.45, 7) is 0. The minimum atomic E-state index is -0.0966. The molecule has 0 aromatic rings. The van der Waals surface area contributed by atoms with Gasteiger partial charge in [0.05, 0.1) is 0 Å². The molecule has 3 nitrogen and oxygen atoms in total. The SMILES string of the molecule is C#CCCCCCC1=CNC(N)N1. The molecule has 0 bridgehead atoms. The molecule has 1 aliphatic heterocycles. The molecule has 3 heteroatoms. The summed E-state index contributed by atoms with van der Waals surface area (Å²) in [7, 11) is 0. The van der Waals surface area contributed by atoms with E-state index in [1.165, 1.54) is 18.5 Å². The van der Waals surface area contributed by atoms with E-state index in [-0.39, 0.29) is 6.29 Å². The second-order valence-corrected chi connectivity index (χ2v) is 3.22. The molecule has 0 saturated carbocycles. The van der Waals surface area contributed by atoms with Crippen LogP contribution in [-0.2, 0) is 0 Å². The van der Waals surface area contributed by atoms with Crippen LogP contribution in [0.4, 0.5) is 0 Å². The molecule has 13 heavy (non-hydrogen) atoms. The number of allylic oxidation sites excluding steroid dienone is 1. The van der Waals surface area contributed by atoms with Crippen molar-refractivity contribution in [2.45, 2.75) is 38.4 Å². The zero-order valence-electron chi connectivity index (χ0n) is 7.84. The maximum Gasteiger partial charge on any atom is 0.149 e. The Morgan fingerprint density at radius 2 is 2.31 bits per heavy atom. The van der Waals surface area contributed by atoms with Crippen LogP contribution in [0, 0.1) is 12.3 Å². The van der Waals surface area contributed by atoms with Crippen molar-refractivity contribution in [2.24, 2.45) is 5.73 Å². The van der Waals surface area contributed by atoms with Gasteiger partial charge in [-0.3, -0.25) is 5.73 Å². The predicted molar refractivity (Wildman–Crippen MR) is 54.2 cm³/mol. The lowest BCUT2D eigenvalue weighted by atomic mass is 10.1. The molecule has 4 N–H and O–H groups in total. The molecule has 0 saturated heterocycles. The lowest BCUT2D eigenvalue weighted by Crippen LogP contribution is -2.40. The molecule has 1 unspecified atom stereocenters. The van der Waals surface area contributed by atoms with E-state index in [0.717, 1.165) is 19.3 Å². The van der Waals surface area contributed by atoms with E-state index in [4.69, 9.17) is 12.2 Å². The monoisotopic (exact) mass is 179 g/mol. The predicted octanol–water partition coefficient (Wildman–Crippen LogP) is 0.847. The molecule has 1 heterocycles. The number of nitrogens with two attached hydrogens (primary N) is 1. The molecule has 1 atom stereocenters. The molecule has 72 valence electrons. The zero-order valence-corrected chi connectivity index (χ0v) is 7.84. The average Bonchev–Trinajstić information content (AvgIpc) is 2.51. The highest BCUT2D eigenvalue weighted by Gasteiger charge is 2.08. The first-order chi connectivity index (χ1) is 6.33. The van der Waals surface area contributed by atoms with Gasteiger partial charge in [0.15, 0.2) is 0 Å². The summed E-state index contributed by atoms with van der Waals surface area (Å²) in [5, 5.41) is 6.13. The van der Waals surface area contributed by atoms with Crippen LogP contribution in [0.2, 0.25) is 0 Å². The van der Waals surface area contributed by atoms with Crippen molar-refractivity contribution in [2.75, 3.05) is 0 Å². The zero-order chi connectivity index (χ0) is 9.52. The van der Waals surface area contributed by atoms with Crippen LogP contribution in [0.3, 0.4) is 0 Å². The fraction of sp³-hybridized carbons (Fsp3) is 0.600. The molecule has 0 radical (unpaired) electrons.